The third-order valence-electron chi connectivity index (χ3n) is 4.84. The molecular formula is C22H29N3O7S. The van der Waals surface area contributed by atoms with Crippen LogP contribution >= 0.6 is 0 Å². The van der Waals surface area contributed by atoms with E-state index < -0.39 is 33.2 Å². The number of hydrogen-bond acceptors (Lipinski definition) is 8. The topological polar surface area (TPSA) is 142 Å². The number of hydrogen-bond donors (Lipinski definition) is 1. The molecule has 0 fully saturated rings. The molecule has 0 saturated carbocycles. The molecule has 10 nitrogen and oxygen atoms in total. The van der Waals surface area contributed by atoms with Crippen LogP contribution in [0.4, 0.5) is 10.5 Å². The summed E-state index contributed by atoms with van der Waals surface area (Å²) in [4.78, 5) is 22.1. The van der Waals surface area contributed by atoms with Crippen molar-refractivity contribution in [3.63, 3.8) is 0 Å². The molecule has 2 aromatic carbocycles. The highest BCUT2D eigenvalue weighted by atomic mass is 32.2. The molecule has 0 unspecified atom stereocenters. The SMILES string of the molecule is COC(=O)O[C@H](CN(CC(C)C)S(=O)(=O)c1ccc([N+](=O)[O-])cc1)[C@@H](N)Cc1ccccc1. The highest BCUT2D eigenvalue weighted by molar-refractivity contribution is 7.89. The number of nitro benzene ring substituents is 1. The Bertz CT molecular complexity index is 1030. The number of carbonyl (C=O) groups is 1. The lowest BCUT2D eigenvalue weighted by Gasteiger charge is -2.30. The molecule has 0 spiro atoms. The van der Waals surface area contributed by atoms with Crippen LogP contribution in [0.5, 0.6) is 0 Å². The van der Waals surface area contributed by atoms with E-state index in [4.69, 9.17) is 10.5 Å². The van der Waals surface area contributed by atoms with E-state index >= 15 is 0 Å². The standard InChI is InChI=1S/C22H29N3O7S/c1-16(2)14-24(33(29,30)19-11-9-18(10-12-19)25(27)28)15-21(32-22(26)31-3)20(23)13-17-7-5-4-6-8-17/h4-12,16,20-21H,13-15,23H2,1-3H3/t20-,21+/m0/s1. The maximum atomic E-state index is 13.4. The van der Waals surface area contributed by atoms with Crippen molar-refractivity contribution >= 4 is 21.9 Å². The minimum Gasteiger partial charge on any atom is -0.438 e. The second kappa shape index (κ2) is 11.7. The lowest BCUT2D eigenvalue weighted by Crippen LogP contribution is -2.49. The molecule has 2 aromatic rings. The van der Waals surface area contributed by atoms with E-state index in [9.17, 15) is 23.3 Å². The fourth-order valence-electron chi connectivity index (χ4n) is 3.22. The second-order valence-corrected chi connectivity index (χ2v) is 9.87. The molecule has 33 heavy (non-hydrogen) atoms. The molecule has 0 aromatic heterocycles. The van der Waals surface area contributed by atoms with Crippen LogP contribution in [0.25, 0.3) is 0 Å². The van der Waals surface area contributed by atoms with Crippen LogP contribution in [0, 0.1) is 16.0 Å². The number of carbonyl (C=O) groups excluding carboxylic acids is 1. The van der Waals surface area contributed by atoms with Crippen LogP contribution in [0.15, 0.2) is 59.5 Å². The molecule has 0 aliphatic heterocycles. The second-order valence-electron chi connectivity index (χ2n) is 7.93. The van der Waals surface area contributed by atoms with Gasteiger partial charge in [-0.1, -0.05) is 44.2 Å². The molecule has 180 valence electrons. The number of ether oxygens (including phenoxy) is 2. The fourth-order valence-corrected chi connectivity index (χ4v) is 4.83. The summed E-state index contributed by atoms with van der Waals surface area (Å²) in [6, 6.07) is 13.2. The zero-order chi connectivity index (χ0) is 24.6. The van der Waals surface area contributed by atoms with E-state index in [2.05, 4.69) is 4.74 Å². The van der Waals surface area contributed by atoms with Gasteiger partial charge in [0.15, 0.2) is 0 Å². The number of nitrogens with two attached hydrogens (primary N) is 1. The Morgan fingerprint density at radius 1 is 1.09 bits per heavy atom. The molecule has 2 rings (SSSR count). The Kier molecular flexibility index (Phi) is 9.32. The quantitative estimate of drug-likeness (QED) is 0.294. The molecule has 11 heteroatoms. The molecule has 2 atom stereocenters. The van der Waals surface area contributed by atoms with Crippen molar-refractivity contribution in [3.05, 3.63) is 70.3 Å². The van der Waals surface area contributed by atoms with Crippen LogP contribution in [0.2, 0.25) is 0 Å². The number of sulfonamides is 1. The lowest BCUT2D eigenvalue weighted by atomic mass is 10.0. The summed E-state index contributed by atoms with van der Waals surface area (Å²) < 4.78 is 37.9. The van der Waals surface area contributed by atoms with Gasteiger partial charge >= 0.3 is 6.16 Å². The summed E-state index contributed by atoms with van der Waals surface area (Å²) in [6.45, 7) is 3.61. The van der Waals surface area contributed by atoms with Crippen molar-refractivity contribution in [1.82, 2.24) is 4.31 Å². The summed E-state index contributed by atoms with van der Waals surface area (Å²) in [5.41, 5.74) is 7.02. The van der Waals surface area contributed by atoms with Crippen molar-refractivity contribution in [2.45, 2.75) is 37.3 Å². The predicted octanol–water partition coefficient (Wildman–Crippen LogP) is 2.96. The highest BCUT2D eigenvalue weighted by Crippen LogP contribution is 2.22. The first-order valence-corrected chi connectivity index (χ1v) is 11.8. The number of benzene rings is 2. The lowest BCUT2D eigenvalue weighted by molar-refractivity contribution is -0.384. The largest absolute Gasteiger partial charge is 0.508 e. The van der Waals surface area contributed by atoms with E-state index in [1.165, 1.54) is 16.4 Å². The van der Waals surface area contributed by atoms with Crippen LogP contribution in [-0.2, 0) is 25.9 Å². The zero-order valence-corrected chi connectivity index (χ0v) is 19.6. The first kappa shape index (κ1) is 26.2. The van der Waals surface area contributed by atoms with E-state index in [-0.39, 0.29) is 29.6 Å². The van der Waals surface area contributed by atoms with E-state index in [1.807, 2.05) is 44.2 Å². The van der Waals surface area contributed by atoms with Gasteiger partial charge in [0, 0.05) is 24.7 Å². The van der Waals surface area contributed by atoms with E-state index in [0.717, 1.165) is 24.8 Å². The molecule has 0 radical (unpaired) electrons. The van der Waals surface area contributed by atoms with Gasteiger partial charge in [-0.05, 0) is 30.0 Å². The van der Waals surface area contributed by atoms with Gasteiger partial charge in [-0.2, -0.15) is 4.31 Å². The fraction of sp³-hybridized carbons (Fsp3) is 0.409. The Hall–Kier alpha value is -3.02. The third kappa shape index (κ3) is 7.52. The van der Waals surface area contributed by atoms with Crippen molar-refractivity contribution in [2.24, 2.45) is 11.7 Å². The molecule has 0 amide bonds. The molecule has 0 aliphatic rings. The predicted molar refractivity (Wildman–Crippen MR) is 122 cm³/mol. The third-order valence-corrected chi connectivity index (χ3v) is 6.69. The minimum absolute atomic E-state index is 0.0538. The first-order valence-electron chi connectivity index (χ1n) is 10.3. The van der Waals surface area contributed by atoms with Gasteiger partial charge in [0.25, 0.3) is 5.69 Å². The van der Waals surface area contributed by atoms with Gasteiger partial charge in [-0.25, -0.2) is 13.2 Å². The van der Waals surface area contributed by atoms with Gasteiger partial charge in [0.05, 0.1) is 23.5 Å². The van der Waals surface area contributed by atoms with Crippen molar-refractivity contribution < 1.29 is 27.6 Å². The number of non-ortho nitro benzene ring substituents is 1. The molecular weight excluding hydrogens is 450 g/mol. The Labute approximate surface area is 193 Å². The molecule has 0 bridgehead atoms. The summed E-state index contributed by atoms with van der Waals surface area (Å²) in [5, 5.41) is 10.9. The summed E-state index contributed by atoms with van der Waals surface area (Å²) in [6.07, 6.45) is -1.62. The van der Waals surface area contributed by atoms with Crippen LogP contribution in [-0.4, -0.2) is 56.1 Å². The molecule has 0 saturated heterocycles. The van der Waals surface area contributed by atoms with Gasteiger partial charge in [0.1, 0.15) is 6.10 Å². The maximum Gasteiger partial charge on any atom is 0.508 e. The van der Waals surface area contributed by atoms with Crippen molar-refractivity contribution in [2.75, 3.05) is 20.2 Å². The van der Waals surface area contributed by atoms with Gasteiger partial charge in [-0.15, -0.1) is 0 Å². The molecule has 0 aliphatic carbocycles. The van der Waals surface area contributed by atoms with Crippen molar-refractivity contribution in [1.29, 1.82) is 0 Å². The van der Waals surface area contributed by atoms with E-state index in [1.54, 1.807) is 0 Å². The van der Waals surface area contributed by atoms with Crippen LogP contribution in [0.1, 0.15) is 19.4 Å². The first-order chi connectivity index (χ1) is 15.5. The highest BCUT2D eigenvalue weighted by Gasteiger charge is 2.33. The van der Waals surface area contributed by atoms with Crippen LogP contribution in [0.3, 0.4) is 0 Å². The normalized spacial score (nSPS) is 13.5. The Morgan fingerprint density at radius 2 is 1.70 bits per heavy atom. The number of nitrogens with zero attached hydrogens (tertiary/aromatic N) is 2. The summed E-state index contributed by atoms with van der Waals surface area (Å²) >= 11 is 0. The number of methoxy groups -OCH3 is 1. The van der Waals surface area contributed by atoms with Crippen LogP contribution < -0.4 is 5.73 Å². The molecule has 2 N–H and O–H groups in total. The Balaban J connectivity index is 2.35. The Morgan fingerprint density at radius 3 is 2.21 bits per heavy atom. The average molecular weight is 480 g/mol. The van der Waals surface area contributed by atoms with Gasteiger partial charge in [-0.3, -0.25) is 10.1 Å². The smallest absolute Gasteiger partial charge is 0.438 e. The van der Waals surface area contributed by atoms with E-state index in [0.29, 0.717) is 6.42 Å². The number of rotatable bonds is 11. The monoisotopic (exact) mass is 479 g/mol. The van der Waals surface area contributed by atoms with Gasteiger partial charge in [0.2, 0.25) is 10.0 Å². The summed E-state index contributed by atoms with van der Waals surface area (Å²) in [5.74, 6) is -0.0538. The summed E-state index contributed by atoms with van der Waals surface area (Å²) in [7, 11) is -2.91. The average Bonchev–Trinajstić information content (AvgIpc) is 2.78. The molecule has 0 heterocycles. The minimum atomic E-state index is -4.06. The van der Waals surface area contributed by atoms with Gasteiger partial charge < -0.3 is 15.2 Å². The zero-order valence-electron chi connectivity index (χ0n) is 18.8. The van der Waals surface area contributed by atoms with Crippen molar-refractivity contribution in [3.8, 4) is 0 Å². The number of nitro groups is 1. The maximum absolute atomic E-state index is 13.4.